The van der Waals surface area contributed by atoms with Crippen molar-refractivity contribution in [3.05, 3.63) is 34.4 Å². The minimum atomic E-state index is -0.509. The lowest BCUT2D eigenvalue weighted by molar-refractivity contribution is -0.384. The van der Waals surface area contributed by atoms with E-state index in [4.69, 9.17) is 5.73 Å². The van der Waals surface area contributed by atoms with Crippen molar-refractivity contribution in [2.24, 2.45) is 11.7 Å². The Bertz CT molecular complexity index is 437. The molecule has 2 atom stereocenters. The zero-order valence-corrected chi connectivity index (χ0v) is 10.9. The number of hydrogen-bond donors (Lipinski definition) is 2. The molecule has 0 aromatic heterocycles. The average molecular weight is 274 g/mol. The first-order valence-electron chi connectivity index (χ1n) is 5.22. The molecule has 0 radical (unpaired) electrons. The standard InChI is InChI=1S/C11H15N3O3.ClH/c1-7(8(2)12)11(15)13-9-4-3-5-10(6-9)14(16)17;/h3-8H,12H2,1-2H3,(H,13,15);1H. The molecule has 1 aromatic carbocycles. The Kier molecular flexibility index (Phi) is 6.29. The molecule has 3 N–H and O–H groups in total. The molecule has 0 aliphatic heterocycles. The second kappa shape index (κ2) is 6.93. The lowest BCUT2D eigenvalue weighted by Crippen LogP contribution is -2.34. The van der Waals surface area contributed by atoms with E-state index in [-0.39, 0.29) is 36.0 Å². The SMILES string of the molecule is CC(N)C(C)C(=O)Nc1cccc([N+](=O)[O-])c1.Cl. The molecule has 100 valence electrons. The minimum absolute atomic E-state index is 0. The maximum atomic E-state index is 11.7. The van der Waals surface area contributed by atoms with Gasteiger partial charge in [-0.3, -0.25) is 14.9 Å². The molecule has 0 aliphatic rings. The first kappa shape index (κ1) is 16.3. The quantitative estimate of drug-likeness (QED) is 0.647. The smallest absolute Gasteiger partial charge is 0.271 e. The molecule has 2 unspecified atom stereocenters. The van der Waals surface area contributed by atoms with Gasteiger partial charge in [0.15, 0.2) is 0 Å². The molecular weight excluding hydrogens is 258 g/mol. The number of nitro benzene ring substituents is 1. The van der Waals surface area contributed by atoms with Crippen LogP contribution in [0.1, 0.15) is 13.8 Å². The van der Waals surface area contributed by atoms with E-state index in [1.807, 2.05) is 0 Å². The van der Waals surface area contributed by atoms with E-state index in [1.54, 1.807) is 19.9 Å². The van der Waals surface area contributed by atoms with Gasteiger partial charge in [-0.2, -0.15) is 0 Å². The highest BCUT2D eigenvalue weighted by molar-refractivity contribution is 5.93. The van der Waals surface area contributed by atoms with Crippen molar-refractivity contribution >= 4 is 29.7 Å². The predicted molar refractivity (Wildman–Crippen MR) is 71.8 cm³/mol. The highest BCUT2D eigenvalue weighted by atomic mass is 35.5. The number of nitro groups is 1. The van der Waals surface area contributed by atoms with Crippen LogP contribution in [0.3, 0.4) is 0 Å². The van der Waals surface area contributed by atoms with Gasteiger partial charge in [0.2, 0.25) is 5.91 Å². The number of nitrogens with one attached hydrogen (secondary N) is 1. The van der Waals surface area contributed by atoms with Crippen LogP contribution in [-0.4, -0.2) is 16.9 Å². The van der Waals surface area contributed by atoms with Crippen molar-refractivity contribution < 1.29 is 9.72 Å². The number of non-ortho nitro benzene ring substituents is 1. The van der Waals surface area contributed by atoms with Crippen molar-refractivity contribution in [3.8, 4) is 0 Å². The summed E-state index contributed by atoms with van der Waals surface area (Å²) in [4.78, 5) is 21.7. The van der Waals surface area contributed by atoms with Crippen molar-refractivity contribution in [3.63, 3.8) is 0 Å². The van der Waals surface area contributed by atoms with Crippen LogP contribution in [0.25, 0.3) is 0 Å². The van der Waals surface area contributed by atoms with Gasteiger partial charge in [-0.1, -0.05) is 13.0 Å². The summed E-state index contributed by atoms with van der Waals surface area (Å²) in [6.07, 6.45) is 0. The van der Waals surface area contributed by atoms with E-state index in [0.717, 1.165) is 0 Å². The predicted octanol–water partition coefficient (Wildman–Crippen LogP) is 1.94. The van der Waals surface area contributed by atoms with Gasteiger partial charge in [0.25, 0.3) is 5.69 Å². The average Bonchev–Trinajstić information content (AvgIpc) is 2.28. The number of nitrogens with two attached hydrogens (primary N) is 1. The fourth-order valence-corrected chi connectivity index (χ4v) is 1.19. The maximum Gasteiger partial charge on any atom is 0.271 e. The fourth-order valence-electron chi connectivity index (χ4n) is 1.19. The van der Waals surface area contributed by atoms with Crippen molar-refractivity contribution in [2.45, 2.75) is 19.9 Å². The lowest BCUT2D eigenvalue weighted by atomic mass is 10.0. The number of carbonyl (C=O) groups excluding carboxylic acids is 1. The molecule has 7 heteroatoms. The fraction of sp³-hybridized carbons (Fsp3) is 0.364. The molecule has 0 fully saturated rings. The van der Waals surface area contributed by atoms with E-state index < -0.39 is 4.92 Å². The van der Waals surface area contributed by atoms with E-state index in [2.05, 4.69) is 5.32 Å². The van der Waals surface area contributed by atoms with E-state index in [0.29, 0.717) is 5.69 Å². The number of benzene rings is 1. The molecule has 18 heavy (non-hydrogen) atoms. The van der Waals surface area contributed by atoms with Crippen LogP contribution < -0.4 is 11.1 Å². The third-order valence-corrected chi connectivity index (χ3v) is 2.53. The molecule has 0 saturated carbocycles. The summed E-state index contributed by atoms with van der Waals surface area (Å²) in [5.74, 6) is -0.602. The van der Waals surface area contributed by atoms with Gasteiger partial charge >= 0.3 is 0 Å². The third kappa shape index (κ3) is 4.31. The Hall–Kier alpha value is -1.66. The first-order chi connectivity index (χ1) is 7.91. The molecule has 0 bridgehead atoms. The van der Waals surface area contributed by atoms with E-state index in [9.17, 15) is 14.9 Å². The van der Waals surface area contributed by atoms with Crippen LogP contribution in [0, 0.1) is 16.0 Å². The second-order valence-electron chi connectivity index (χ2n) is 3.94. The Labute approximate surface area is 111 Å². The van der Waals surface area contributed by atoms with Gasteiger partial charge in [-0.15, -0.1) is 12.4 Å². The molecule has 1 rings (SSSR count). The Morgan fingerprint density at radius 2 is 2.06 bits per heavy atom. The second-order valence-corrected chi connectivity index (χ2v) is 3.94. The van der Waals surface area contributed by atoms with Gasteiger partial charge < -0.3 is 11.1 Å². The number of anilines is 1. The highest BCUT2D eigenvalue weighted by Gasteiger charge is 2.17. The van der Waals surface area contributed by atoms with Crippen LogP contribution in [0.4, 0.5) is 11.4 Å². The summed E-state index contributed by atoms with van der Waals surface area (Å²) in [6.45, 7) is 3.44. The molecular formula is C11H16ClN3O3. The zero-order valence-electron chi connectivity index (χ0n) is 10.1. The number of hydrogen-bond acceptors (Lipinski definition) is 4. The number of halogens is 1. The van der Waals surface area contributed by atoms with Gasteiger partial charge in [0.05, 0.1) is 10.8 Å². The highest BCUT2D eigenvalue weighted by Crippen LogP contribution is 2.17. The zero-order chi connectivity index (χ0) is 13.0. The third-order valence-electron chi connectivity index (χ3n) is 2.53. The summed E-state index contributed by atoms with van der Waals surface area (Å²) >= 11 is 0. The Morgan fingerprint density at radius 1 is 1.44 bits per heavy atom. The summed E-state index contributed by atoms with van der Waals surface area (Å²) in [6, 6.07) is 5.52. The van der Waals surface area contributed by atoms with Crippen LogP contribution in [-0.2, 0) is 4.79 Å². The summed E-state index contributed by atoms with van der Waals surface area (Å²) in [7, 11) is 0. The van der Waals surface area contributed by atoms with Gasteiger partial charge in [0.1, 0.15) is 0 Å². The molecule has 0 aliphatic carbocycles. The molecule has 0 saturated heterocycles. The summed E-state index contributed by atoms with van der Waals surface area (Å²) < 4.78 is 0. The van der Waals surface area contributed by atoms with Crippen molar-refractivity contribution in [1.82, 2.24) is 0 Å². The van der Waals surface area contributed by atoms with E-state index >= 15 is 0 Å². The Morgan fingerprint density at radius 3 is 2.56 bits per heavy atom. The van der Waals surface area contributed by atoms with Gasteiger partial charge in [0, 0.05) is 23.9 Å². The number of amides is 1. The molecule has 0 spiro atoms. The molecule has 0 heterocycles. The maximum absolute atomic E-state index is 11.7. The topological polar surface area (TPSA) is 98.3 Å². The number of nitrogens with zero attached hydrogens (tertiary/aromatic N) is 1. The number of rotatable bonds is 4. The number of carbonyl (C=O) groups is 1. The monoisotopic (exact) mass is 273 g/mol. The van der Waals surface area contributed by atoms with Crippen LogP contribution in [0.2, 0.25) is 0 Å². The largest absolute Gasteiger partial charge is 0.327 e. The molecule has 1 amide bonds. The molecule has 6 nitrogen and oxygen atoms in total. The van der Waals surface area contributed by atoms with Gasteiger partial charge in [-0.05, 0) is 13.0 Å². The van der Waals surface area contributed by atoms with Crippen molar-refractivity contribution in [2.75, 3.05) is 5.32 Å². The van der Waals surface area contributed by atoms with E-state index in [1.165, 1.54) is 18.2 Å². The lowest BCUT2D eigenvalue weighted by Gasteiger charge is -2.15. The summed E-state index contributed by atoms with van der Waals surface area (Å²) in [5, 5.41) is 13.1. The summed E-state index contributed by atoms with van der Waals surface area (Å²) in [5.41, 5.74) is 5.94. The minimum Gasteiger partial charge on any atom is -0.327 e. The van der Waals surface area contributed by atoms with Gasteiger partial charge in [-0.25, -0.2) is 0 Å². The first-order valence-corrected chi connectivity index (χ1v) is 5.22. The van der Waals surface area contributed by atoms with Crippen LogP contribution in [0.15, 0.2) is 24.3 Å². The van der Waals surface area contributed by atoms with Crippen LogP contribution >= 0.6 is 12.4 Å². The molecule has 1 aromatic rings. The normalized spacial score (nSPS) is 13.1. The van der Waals surface area contributed by atoms with Crippen molar-refractivity contribution in [1.29, 1.82) is 0 Å². The van der Waals surface area contributed by atoms with Crippen LogP contribution in [0.5, 0.6) is 0 Å². The Balaban J connectivity index is 0.00000289.